The van der Waals surface area contributed by atoms with Crippen LogP contribution >= 0.6 is 0 Å². The molecule has 4 heteroatoms. The summed E-state index contributed by atoms with van der Waals surface area (Å²) in [4.78, 5) is 22.3. The minimum atomic E-state index is -0.430. The molecule has 1 heterocycles. The maximum atomic E-state index is 13.6. The lowest BCUT2D eigenvalue weighted by atomic mass is 10.0. The van der Waals surface area contributed by atoms with Crippen LogP contribution in [0.3, 0.4) is 0 Å². The number of rotatable bonds is 1. The highest BCUT2D eigenvalue weighted by atomic mass is 19.1. The number of hydrogen-bond acceptors (Lipinski definition) is 2. The Morgan fingerprint density at radius 3 is 2.81 bits per heavy atom. The van der Waals surface area contributed by atoms with Gasteiger partial charge in [0.2, 0.25) is 0 Å². The molecule has 1 aliphatic rings. The fourth-order valence-corrected chi connectivity index (χ4v) is 2.01. The summed E-state index contributed by atoms with van der Waals surface area (Å²) >= 11 is 0. The van der Waals surface area contributed by atoms with Crippen LogP contribution in [0.2, 0.25) is 0 Å². The first-order valence-corrected chi connectivity index (χ1v) is 4.73. The molecule has 16 heavy (non-hydrogen) atoms. The normalized spacial score (nSPS) is 12.9. The third kappa shape index (κ3) is 1.01. The predicted molar refractivity (Wildman–Crippen MR) is 57.2 cm³/mol. The lowest BCUT2D eigenvalue weighted by molar-refractivity contribution is 0.103. The van der Waals surface area contributed by atoms with E-state index in [9.17, 15) is 14.0 Å². The number of benzene rings is 2. The van der Waals surface area contributed by atoms with Gasteiger partial charge in [-0.1, -0.05) is 0 Å². The van der Waals surface area contributed by atoms with Crippen molar-refractivity contribution in [1.29, 1.82) is 0 Å². The van der Waals surface area contributed by atoms with Gasteiger partial charge in [-0.05, 0) is 24.3 Å². The van der Waals surface area contributed by atoms with Gasteiger partial charge in [0.05, 0.1) is 5.56 Å². The third-order valence-electron chi connectivity index (χ3n) is 2.71. The van der Waals surface area contributed by atoms with E-state index < -0.39 is 5.82 Å². The van der Waals surface area contributed by atoms with Crippen LogP contribution in [0.5, 0.6) is 0 Å². The molecule has 0 atom stereocenters. The van der Waals surface area contributed by atoms with Crippen LogP contribution in [0.4, 0.5) is 10.1 Å². The van der Waals surface area contributed by atoms with Gasteiger partial charge in [-0.3, -0.25) is 9.59 Å². The second-order valence-corrected chi connectivity index (χ2v) is 3.66. The van der Waals surface area contributed by atoms with Gasteiger partial charge in [-0.25, -0.2) is 4.39 Å². The number of carbonyl (C=O) groups excluding carboxylic acids is 2. The molecular weight excluding hydrogens is 209 g/mol. The van der Waals surface area contributed by atoms with E-state index in [0.29, 0.717) is 33.9 Å². The SMILES string of the molecule is O=Cc1cc2c3c(ccc(F)c3c1)NC2=O. The zero-order valence-electron chi connectivity index (χ0n) is 8.08. The maximum Gasteiger partial charge on any atom is 0.256 e. The minimum absolute atomic E-state index is 0.297. The molecule has 0 aliphatic carbocycles. The van der Waals surface area contributed by atoms with Crippen molar-refractivity contribution in [2.45, 2.75) is 0 Å². The Morgan fingerprint density at radius 2 is 2.06 bits per heavy atom. The summed E-state index contributed by atoms with van der Waals surface area (Å²) in [6, 6.07) is 5.72. The van der Waals surface area contributed by atoms with Gasteiger partial charge >= 0.3 is 0 Å². The van der Waals surface area contributed by atoms with E-state index in [1.807, 2.05) is 0 Å². The van der Waals surface area contributed by atoms with E-state index in [1.54, 1.807) is 0 Å². The Kier molecular flexibility index (Phi) is 1.63. The van der Waals surface area contributed by atoms with E-state index in [1.165, 1.54) is 24.3 Å². The number of hydrogen-bond donors (Lipinski definition) is 1. The topological polar surface area (TPSA) is 46.2 Å². The van der Waals surface area contributed by atoms with Crippen LogP contribution in [0, 0.1) is 5.82 Å². The van der Waals surface area contributed by atoms with E-state index in [-0.39, 0.29) is 5.91 Å². The van der Waals surface area contributed by atoms with Crippen molar-refractivity contribution in [2.24, 2.45) is 0 Å². The van der Waals surface area contributed by atoms with Gasteiger partial charge in [-0.2, -0.15) is 0 Å². The highest BCUT2D eigenvalue weighted by Crippen LogP contribution is 2.35. The van der Waals surface area contributed by atoms with Crippen molar-refractivity contribution in [3.05, 3.63) is 41.2 Å². The second kappa shape index (κ2) is 2.88. The molecule has 0 saturated carbocycles. The van der Waals surface area contributed by atoms with Crippen LogP contribution < -0.4 is 5.32 Å². The number of halogens is 1. The summed E-state index contributed by atoms with van der Waals surface area (Å²) in [5.41, 5.74) is 1.25. The summed E-state index contributed by atoms with van der Waals surface area (Å²) in [6.45, 7) is 0. The fourth-order valence-electron chi connectivity index (χ4n) is 2.01. The Morgan fingerprint density at radius 1 is 1.25 bits per heavy atom. The summed E-state index contributed by atoms with van der Waals surface area (Å²) in [7, 11) is 0. The van der Waals surface area contributed by atoms with Crippen molar-refractivity contribution in [3.63, 3.8) is 0 Å². The smallest absolute Gasteiger partial charge is 0.256 e. The molecule has 1 aliphatic heterocycles. The highest BCUT2D eigenvalue weighted by molar-refractivity contribution is 6.24. The van der Waals surface area contributed by atoms with Crippen LogP contribution in [-0.2, 0) is 0 Å². The molecule has 0 fully saturated rings. The Labute approximate surface area is 89.9 Å². The zero-order chi connectivity index (χ0) is 11.3. The van der Waals surface area contributed by atoms with Crippen molar-refractivity contribution in [3.8, 4) is 0 Å². The fraction of sp³-hybridized carbons (Fsp3) is 0. The number of amides is 1. The zero-order valence-corrected chi connectivity index (χ0v) is 8.08. The number of anilines is 1. The third-order valence-corrected chi connectivity index (χ3v) is 2.71. The van der Waals surface area contributed by atoms with E-state index in [0.717, 1.165) is 0 Å². The van der Waals surface area contributed by atoms with Gasteiger partial charge in [-0.15, -0.1) is 0 Å². The standard InChI is InChI=1S/C12H6FNO2/c13-9-1-2-10-11-7(9)3-6(5-15)4-8(11)12(16)14-10/h1-5H,(H,14,16). The first kappa shape index (κ1) is 9.03. The maximum absolute atomic E-state index is 13.6. The van der Waals surface area contributed by atoms with Crippen LogP contribution in [-0.4, -0.2) is 12.2 Å². The summed E-state index contributed by atoms with van der Waals surface area (Å²) in [5.74, 6) is -0.727. The number of aldehydes is 1. The summed E-state index contributed by atoms with van der Waals surface area (Å²) in [5, 5.41) is 3.48. The van der Waals surface area contributed by atoms with Gasteiger partial charge < -0.3 is 5.32 Å². The van der Waals surface area contributed by atoms with Crippen LogP contribution in [0.1, 0.15) is 20.7 Å². The molecular formula is C12H6FNO2. The summed E-state index contributed by atoms with van der Waals surface area (Å²) in [6.07, 6.45) is 0.605. The lowest BCUT2D eigenvalue weighted by Gasteiger charge is -2.02. The van der Waals surface area contributed by atoms with Gasteiger partial charge in [0, 0.05) is 22.0 Å². The van der Waals surface area contributed by atoms with E-state index in [2.05, 4.69) is 5.32 Å². The number of nitrogens with one attached hydrogen (secondary N) is 1. The molecule has 0 unspecified atom stereocenters. The van der Waals surface area contributed by atoms with Crippen molar-refractivity contribution >= 4 is 28.7 Å². The molecule has 0 spiro atoms. The van der Waals surface area contributed by atoms with Gasteiger partial charge in [0.1, 0.15) is 12.1 Å². The highest BCUT2D eigenvalue weighted by Gasteiger charge is 2.23. The summed E-state index contributed by atoms with van der Waals surface area (Å²) < 4.78 is 13.6. The molecule has 3 nitrogen and oxygen atoms in total. The van der Waals surface area contributed by atoms with E-state index in [4.69, 9.17) is 0 Å². The van der Waals surface area contributed by atoms with Crippen molar-refractivity contribution in [2.75, 3.05) is 5.32 Å². The lowest BCUT2D eigenvalue weighted by Crippen LogP contribution is -2.04. The average molecular weight is 215 g/mol. The quantitative estimate of drug-likeness (QED) is 0.742. The number of carbonyl (C=O) groups is 2. The Hall–Kier alpha value is -2.23. The second-order valence-electron chi connectivity index (χ2n) is 3.66. The van der Waals surface area contributed by atoms with Crippen LogP contribution in [0.15, 0.2) is 24.3 Å². The molecule has 1 N–H and O–H groups in total. The molecule has 2 aromatic carbocycles. The van der Waals surface area contributed by atoms with E-state index >= 15 is 0 Å². The van der Waals surface area contributed by atoms with Crippen LogP contribution in [0.25, 0.3) is 10.8 Å². The Bertz CT molecular complexity index is 649. The first-order chi connectivity index (χ1) is 7.70. The molecule has 3 rings (SSSR count). The monoisotopic (exact) mass is 215 g/mol. The minimum Gasteiger partial charge on any atom is -0.321 e. The first-order valence-electron chi connectivity index (χ1n) is 4.73. The molecule has 0 aromatic heterocycles. The Balaban J connectivity index is 2.54. The largest absolute Gasteiger partial charge is 0.321 e. The van der Waals surface area contributed by atoms with Gasteiger partial charge in [0.25, 0.3) is 5.91 Å². The molecule has 0 saturated heterocycles. The molecule has 0 bridgehead atoms. The van der Waals surface area contributed by atoms with Crippen molar-refractivity contribution < 1.29 is 14.0 Å². The van der Waals surface area contributed by atoms with Gasteiger partial charge in [0.15, 0.2) is 0 Å². The predicted octanol–water partition coefficient (Wildman–Crippen LogP) is 2.36. The molecule has 2 aromatic rings. The molecule has 78 valence electrons. The average Bonchev–Trinajstić information content (AvgIpc) is 2.62. The van der Waals surface area contributed by atoms with Crippen molar-refractivity contribution in [1.82, 2.24) is 0 Å². The molecule has 1 amide bonds. The molecule has 0 radical (unpaired) electrons.